The molecule has 0 radical (unpaired) electrons. The van der Waals surface area contributed by atoms with Gasteiger partial charge in [0.2, 0.25) is 5.91 Å². The van der Waals surface area contributed by atoms with Gasteiger partial charge in [0.1, 0.15) is 6.10 Å². The first-order valence-corrected chi connectivity index (χ1v) is 24.8. The number of aliphatic hydroxyl groups is 2. The third kappa shape index (κ3) is 42.9. The van der Waals surface area contributed by atoms with Crippen LogP contribution in [0.1, 0.15) is 194 Å². The maximum atomic E-state index is 13.2. The van der Waals surface area contributed by atoms with Crippen molar-refractivity contribution in [1.29, 1.82) is 0 Å². The second-order valence-corrected chi connectivity index (χ2v) is 16.2. The lowest BCUT2D eigenvalue weighted by Crippen LogP contribution is -2.46. The van der Waals surface area contributed by atoms with Gasteiger partial charge in [-0.05, 0) is 83.5 Å². The number of amides is 1. The maximum Gasteiger partial charge on any atom is 0.306 e. The molecule has 0 saturated carbocycles. The fourth-order valence-corrected chi connectivity index (χ4v) is 6.70. The Morgan fingerprint density at radius 2 is 0.952 bits per heavy atom. The molecule has 3 unspecified atom stereocenters. The standard InChI is InChI=1S/C56H91NO5/c1-4-7-10-13-16-19-22-24-25-26-27-28-29-31-34-37-40-43-46-49-56(61)62-52(47-44-41-38-35-33-30-23-20-17-14-11-8-5-2)50-55(60)57-53(51-58)54(59)48-45-42-39-36-32-21-18-15-12-9-6-3/h7-8,10-11,14,16-17,19-20,23-25,27-28,30-31,33-34,40,43,52-54,58-59H,4-6,9,12-13,15,18,21-22,26,29,32,35-39,41-42,44-51H2,1-3H3,(H,57,60)/b10-7-,11-8+,17-14+,19-16-,23-20+,25-24-,28-27-,33-30-,34-31-,43-40-. The monoisotopic (exact) mass is 858 g/mol. The zero-order valence-corrected chi connectivity index (χ0v) is 39.7. The van der Waals surface area contributed by atoms with Crippen molar-refractivity contribution < 1.29 is 24.5 Å². The van der Waals surface area contributed by atoms with Crippen molar-refractivity contribution in [3.05, 3.63) is 122 Å². The van der Waals surface area contributed by atoms with Crippen LogP contribution in [0.5, 0.6) is 0 Å². The summed E-state index contributed by atoms with van der Waals surface area (Å²) in [7, 11) is 0. The van der Waals surface area contributed by atoms with Crippen LogP contribution >= 0.6 is 0 Å². The Kier molecular flexibility index (Phi) is 45.4. The van der Waals surface area contributed by atoms with Gasteiger partial charge in [-0.3, -0.25) is 9.59 Å². The van der Waals surface area contributed by atoms with Gasteiger partial charge in [0.25, 0.3) is 0 Å². The molecule has 6 heteroatoms. The van der Waals surface area contributed by atoms with Gasteiger partial charge in [0.15, 0.2) is 0 Å². The molecule has 0 aliphatic heterocycles. The quantitative estimate of drug-likeness (QED) is 0.0246. The van der Waals surface area contributed by atoms with E-state index in [9.17, 15) is 19.8 Å². The molecule has 0 aliphatic rings. The number of hydrogen-bond donors (Lipinski definition) is 3. The van der Waals surface area contributed by atoms with E-state index in [0.29, 0.717) is 19.3 Å². The second-order valence-electron chi connectivity index (χ2n) is 16.2. The molecule has 0 saturated heterocycles. The first kappa shape index (κ1) is 58.3. The number of hydrogen-bond acceptors (Lipinski definition) is 5. The number of carbonyl (C=O) groups is 2. The van der Waals surface area contributed by atoms with Gasteiger partial charge in [0, 0.05) is 6.42 Å². The van der Waals surface area contributed by atoms with Crippen molar-refractivity contribution >= 4 is 11.9 Å². The van der Waals surface area contributed by atoms with E-state index in [1.165, 1.54) is 51.4 Å². The molecule has 0 heterocycles. The van der Waals surface area contributed by atoms with Crippen LogP contribution in [0.3, 0.4) is 0 Å². The average Bonchev–Trinajstić information content (AvgIpc) is 3.26. The number of rotatable bonds is 42. The lowest BCUT2D eigenvalue weighted by atomic mass is 10.0. The summed E-state index contributed by atoms with van der Waals surface area (Å²) in [6.07, 6.45) is 66.9. The van der Waals surface area contributed by atoms with Crippen LogP contribution in [0.2, 0.25) is 0 Å². The fourth-order valence-electron chi connectivity index (χ4n) is 6.70. The Balaban J connectivity index is 4.78. The van der Waals surface area contributed by atoms with Crippen molar-refractivity contribution in [2.45, 2.75) is 212 Å². The zero-order chi connectivity index (χ0) is 45.2. The van der Waals surface area contributed by atoms with Crippen LogP contribution in [0.25, 0.3) is 0 Å². The lowest BCUT2D eigenvalue weighted by molar-refractivity contribution is -0.150. The predicted molar refractivity (Wildman–Crippen MR) is 268 cm³/mol. The van der Waals surface area contributed by atoms with Gasteiger partial charge in [-0.2, -0.15) is 0 Å². The Bertz CT molecular complexity index is 1330. The second kappa shape index (κ2) is 48.3. The summed E-state index contributed by atoms with van der Waals surface area (Å²) in [5.41, 5.74) is 0. The van der Waals surface area contributed by atoms with E-state index in [2.05, 4.69) is 111 Å². The van der Waals surface area contributed by atoms with E-state index >= 15 is 0 Å². The highest BCUT2D eigenvalue weighted by molar-refractivity contribution is 5.77. The van der Waals surface area contributed by atoms with Crippen molar-refractivity contribution in [2.75, 3.05) is 6.61 Å². The van der Waals surface area contributed by atoms with Crippen molar-refractivity contribution in [2.24, 2.45) is 0 Å². The summed E-state index contributed by atoms with van der Waals surface area (Å²) in [5, 5.41) is 23.7. The summed E-state index contributed by atoms with van der Waals surface area (Å²) < 4.78 is 5.86. The molecule has 0 bridgehead atoms. The number of nitrogens with one attached hydrogen (secondary N) is 1. The Hall–Kier alpha value is -3.74. The first-order chi connectivity index (χ1) is 30.5. The highest BCUT2D eigenvalue weighted by Gasteiger charge is 2.24. The topological polar surface area (TPSA) is 95.9 Å². The number of ether oxygens (including phenoxy) is 1. The molecule has 0 fully saturated rings. The summed E-state index contributed by atoms with van der Waals surface area (Å²) >= 11 is 0. The Morgan fingerprint density at radius 3 is 1.48 bits per heavy atom. The smallest absolute Gasteiger partial charge is 0.306 e. The molecule has 0 aromatic carbocycles. The molecule has 3 N–H and O–H groups in total. The first-order valence-electron chi connectivity index (χ1n) is 24.8. The molecule has 0 aromatic heterocycles. The van der Waals surface area contributed by atoms with Gasteiger partial charge in [-0.1, -0.05) is 219 Å². The highest BCUT2D eigenvalue weighted by Crippen LogP contribution is 2.16. The summed E-state index contributed by atoms with van der Waals surface area (Å²) in [5.74, 6) is -0.628. The lowest BCUT2D eigenvalue weighted by Gasteiger charge is -2.24. The van der Waals surface area contributed by atoms with E-state index in [4.69, 9.17) is 4.74 Å². The molecule has 3 atom stereocenters. The summed E-state index contributed by atoms with van der Waals surface area (Å²) in [4.78, 5) is 26.1. The minimum Gasteiger partial charge on any atom is -0.462 e. The molecular formula is C56H91NO5. The van der Waals surface area contributed by atoms with Crippen LogP contribution in [0.15, 0.2) is 122 Å². The Morgan fingerprint density at radius 1 is 0.500 bits per heavy atom. The maximum absolute atomic E-state index is 13.2. The molecule has 0 aromatic rings. The molecule has 0 aliphatic carbocycles. The van der Waals surface area contributed by atoms with E-state index in [1.807, 2.05) is 36.5 Å². The van der Waals surface area contributed by atoms with Gasteiger partial charge in [0.05, 0.1) is 25.2 Å². The van der Waals surface area contributed by atoms with E-state index < -0.39 is 18.2 Å². The van der Waals surface area contributed by atoms with Crippen molar-refractivity contribution in [3.8, 4) is 0 Å². The molecule has 6 nitrogen and oxygen atoms in total. The van der Waals surface area contributed by atoms with E-state index in [-0.39, 0.29) is 31.3 Å². The third-order valence-electron chi connectivity index (χ3n) is 10.4. The number of allylic oxidation sites excluding steroid dienone is 20. The fraction of sp³-hybridized carbons (Fsp3) is 0.607. The van der Waals surface area contributed by atoms with Crippen LogP contribution in [0.4, 0.5) is 0 Å². The summed E-state index contributed by atoms with van der Waals surface area (Å²) in [6.45, 7) is 6.17. The normalized spacial score (nSPS) is 14.3. The van der Waals surface area contributed by atoms with Crippen LogP contribution in [0, 0.1) is 0 Å². The van der Waals surface area contributed by atoms with Crippen molar-refractivity contribution in [1.82, 2.24) is 5.32 Å². The third-order valence-corrected chi connectivity index (χ3v) is 10.4. The van der Waals surface area contributed by atoms with Gasteiger partial charge in [-0.15, -0.1) is 0 Å². The molecular weight excluding hydrogens is 767 g/mol. The van der Waals surface area contributed by atoms with Gasteiger partial charge < -0.3 is 20.3 Å². The minimum atomic E-state index is -0.818. The number of unbranched alkanes of at least 4 members (excludes halogenated alkanes) is 13. The highest BCUT2D eigenvalue weighted by atomic mass is 16.5. The molecule has 0 rings (SSSR count). The van der Waals surface area contributed by atoms with Crippen LogP contribution < -0.4 is 5.32 Å². The molecule has 1 amide bonds. The average molecular weight is 858 g/mol. The molecule has 62 heavy (non-hydrogen) atoms. The number of aliphatic hydroxyl groups excluding tert-OH is 2. The summed E-state index contributed by atoms with van der Waals surface area (Å²) in [6, 6.07) is -0.737. The van der Waals surface area contributed by atoms with E-state index in [0.717, 1.165) is 89.9 Å². The van der Waals surface area contributed by atoms with Crippen LogP contribution in [-0.4, -0.2) is 46.9 Å². The molecule has 350 valence electrons. The molecule has 0 spiro atoms. The van der Waals surface area contributed by atoms with E-state index in [1.54, 1.807) is 0 Å². The zero-order valence-electron chi connectivity index (χ0n) is 39.7. The van der Waals surface area contributed by atoms with Crippen LogP contribution in [-0.2, 0) is 14.3 Å². The largest absolute Gasteiger partial charge is 0.462 e. The Labute approximate surface area is 380 Å². The van der Waals surface area contributed by atoms with Gasteiger partial charge >= 0.3 is 5.97 Å². The minimum absolute atomic E-state index is 0.0129. The predicted octanol–water partition coefficient (Wildman–Crippen LogP) is 14.9. The van der Waals surface area contributed by atoms with Crippen molar-refractivity contribution in [3.63, 3.8) is 0 Å². The SMILES string of the molecule is CC/C=C\C/C=C\C/C=C\C/C=C\C/C=C\C/C=C\CCC(=O)OC(CCCCC\C=C/C=C/C=C/C=C/CC)CC(=O)NC(CO)C(O)CCCCCCCCCCCCC. The number of esters is 1. The number of carbonyl (C=O) groups excluding carboxylic acids is 2. The van der Waals surface area contributed by atoms with Gasteiger partial charge in [-0.25, -0.2) is 0 Å².